The van der Waals surface area contributed by atoms with E-state index in [-0.39, 0.29) is 6.03 Å². The van der Waals surface area contributed by atoms with Crippen molar-refractivity contribution in [3.8, 4) is 10.6 Å². The van der Waals surface area contributed by atoms with E-state index in [2.05, 4.69) is 15.6 Å². The summed E-state index contributed by atoms with van der Waals surface area (Å²) in [7, 11) is 0. The normalized spacial score (nSPS) is 10.6. The van der Waals surface area contributed by atoms with Gasteiger partial charge in [0.25, 0.3) is 0 Å². The van der Waals surface area contributed by atoms with Crippen LogP contribution in [-0.4, -0.2) is 11.0 Å². The number of amides is 2. The summed E-state index contributed by atoms with van der Waals surface area (Å²) in [5.41, 5.74) is 4.93. The average Bonchev–Trinajstić information content (AvgIpc) is 2.97. The Labute approximate surface area is 162 Å². The number of aromatic nitrogens is 1. The molecule has 0 spiro atoms. The van der Waals surface area contributed by atoms with Crippen molar-refractivity contribution in [3.63, 3.8) is 0 Å². The zero-order chi connectivity index (χ0) is 18.7. The van der Waals surface area contributed by atoms with Crippen LogP contribution in [-0.2, 0) is 6.54 Å². The van der Waals surface area contributed by atoms with E-state index in [0.29, 0.717) is 11.6 Å². The van der Waals surface area contributed by atoms with Crippen molar-refractivity contribution >= 4 is 34.7 Å². The third kappa shape index (κ3) is 4.23. The van der Waals surface area contributed by atoms with Crippen molar-refractivity contribution in [2.45, 2.75) is 27.3 Å². The maximum Gasteiger partial charge on any atom is 0.319 e. The van der Waals surface area contributed by atoms with Crippen LogP contribution in [0, 0.1) is 20.8 Å². The van der Waals surface area contributed by atoms with E-state index in [1.54, 1.807) is 11.3 Å². The van der Waals surface area contributed by atoms with Crippen LogP contribution >= 0.6 is 22.9 Å². The van der Waals surface area contributed by atoms with Crippen molar-refractivity contribution in [1.29, 1.82) is 0 Å². The lowest BCUT2D eigenvalue weighted by Gasteiger charge is -2.09. The molecule has 2 N–H and O–H groups in total. The Bertz CT molecular complexity index is 952. The highest BCUT2D eigenvalue weighted by Crippen LogP contribution is 2.32. The van der Waals surface area contributed by atoms with Crippen molar-refractivity contribution in [1.82, 2.24) is 10.3 Å². The van der Waals surface area contributed by atoms with Gasteiger partial charge in [-0.05, 0) is 50.1 Å². The lowest BCUT2D eigenvalue weighted by Crippen LogP contribution is -2.28. The Morgan fingerprint density at radius 3 is 2.62 bits per heavy atom. The van der Waals surface area contributed by atoms with Crippen molar-refractivity contribution < 1.29 is 4.79 Å². The standard InChI is InChI=1S/C20H20ClN3OS/c1-12-8-9-15(10-13(12)2)24-20(25)22-11-18-14(3)23-19(26-18)16-6-4-5-7-17(16)21/h4-10H,11H2,1-3H3,(H2,22,24,25). The molecule has 3 aromatic rings. The number of anilines is 1. The van der Waals surface area contributed by atoms with Gasteiger partial charge < -0.3 is 10.6 Å². The molecule has 2 aromatic carbocycles. The van der Waals surface area contributed by atoms with Crippen LogP contribution in [0.1, 0.15) is 21.7 Å². The van der Waals surface area contributed by atoms with E-state index in [1.165, 1.54) is 5.56 Å². The third-order valence-electron chi connectivity index (χ3n) is 4.17. The maximum absolute atomic E-state index is 12.2. The molecule has 3 rings (SSSR count). The predicted octanol–water partition coefficient (Wildman–Crippen LogP) is 5.71. The number of carbonyl (C=O) groups excluding carboxylic acids is 1. The largest absolute Gasteiger partial charge is 0.333 e. The molecule has 4 nitrogen and oxygen atoms in total. The summed E-state index contributed by atoms with van der Waals surface area (Å²) in [5.74, 6) is 0. The number of hydrogen-bond acceptors (Lipinski definition) is 3. The number of urea groups is 1. The fraction of sp³-hybridized carbons (Fsp3) is 0.200. The zero-order valence-electron chi connectivity index (χ0n) is 14.9. The molecule has 26 heavy (non-hydrogen) atoms. The maximum atomic E-state index is 12.2. The number of halogens is 1. The Balaban J connectivity index is 1.65. The van der Waals surface area contributed by atoms with Gasteiger partial charge in [0.1, 0.15) is 5.01 Å². The van der Waals surface area contributed by atoms with Gasteiger partial charge in [-0.1, -0.05) is 35.9 Å². The molecule has 0 unspecified atom stereocenters. The average molecular weight is 386 g/mol. The number of aryl methyl sites for hydroxylation is 3. The molecule has 0 aliphatic carbocycles. The van der Waals surface area contributed by atoms with Gasteiger partial charge in [-0.2, -0.15) is 0 Å². The number of nitrogens with one attached hydrogen (secondary N) is 2. The van der Waals surface area contributed by atoms with Gasteiger partial charge in [0, 0.05) is 16.1 Å². The molecule has 0 atom stereocenters. The Morgan fingerprint density at radius 2 is 1.88 bits per heavy atom. The van der Waals surface area contributed by atoms with Crippen LogP contribution in [0.4, 0.5) is 10.5 Å². The first-order valence-corrected chi connectivity index (χ1v) is 9.47. The monoisotopic (exact) mass is 385 g/mol. The van der Waals surface area contributed by atoms with Gasteiger partial charge in [0.15, 0.2) is 0 Å². The van der Waals surface area contributed by atoms with Gasteiger partial charge in [0.2, 0.25) is 0 Å². The topological polar surface area (TPSA) is 54.0 Å². The summed E-state index contributed by atoms with van der Waals surface area (Å²) in [6, 6.07) is 13.2. The van der Waals surface area contributed by atoms with E-state index < -0.39 is 0 Å². The van der Waals surface area contributed by atoms with E-state index in [9.17, 15) is 4.79 Å². The zero-order valence-corrected chi connectivity index (χ0v) is 16.5. The van der Waals surface area contributed by atoms with Crippen LogP contribution < -0.4 is 10.6 Å². The van der Waals surface area contributed by atoms with Crippen LogP contribution in [0.15, 0.2) is 42.5 Å². The van der Waals surface area contributed by atoms with E-state index >= 15 is 0 Å². The molecule has 0 aliphatic heterocycles. The number of hydrogen-bond donors (Lipinski definition) is 2. The molecule has 2 amide bonds. The highest BCUT2D eigenvalue weighted by atomic mass is 35.5. The van der Waals surface area contributed by atoms with E-state index in [1.807, 2.05) is 63.2 Å². The molecule has 0 fully saturated rings. The SMILES string of the molecule is Cc1ccc(NC(=O)NCc2sc(-c3ccccc3Cl)nc2C)cc1C. The summed E-state index contributed by atoms with van der Waals surface area (Å²) in [6.45, 7) is 6.43. The highest BCUT2D eigenvalue weighted by Gasteiger charge is 2.12. The number of carbonyl (C=O) groups is 1. The summed E-state index contributed by atoms with van der Waals surface area (Å²) in [4.78, 5) is 17.8. The van der Waals surface area contributed by atoms with Gasteiger partial charge >= 0.3 is 6.03 Å². The lowest BCUT2D eigenvalue weighted by atomic mass is 10.1. The summed E-state index contributed by atoms with van der Waals surface area (Å²) < 4.78 is 0. The molecular weight excluding hydrogens is 366 g/mol. The second kappa shape index (κ2) is 7.89. The molecule has 6 heteroatoms. The Hall–Kier alpha value is -2.37. The van der Waals surface area contributed by atoms with Crippen molar-refractivity contribution in [3.05, 3.63) is 69.2 Å². The predicted molar refractivity (Wildman–Crippen MR) is 109 cm³/mol. The lowest BCUT2D eigenvalue weighted by molar-refractivity contribution is 0.252. The second-order valence-corrected chi connectivity index (χ2v) is 7.60. The first kappa shape index (κ1) is 18.4. The molecule has 0 aliphatic rings. The minimum Gasteiger partial charge on any atom is -0.333 e. The first-order chi connectivity index (χ1) is 12.4. The Kier molecular flexibility index (Phi) is 5.59. The molecular formula is C20H20ClN3OS. The van der Waals surface area contributed by atoms with Crippen molar-refractivity contribution in [2.24, 2.45) is 0 Å². The number of thiazole rings is 1. The summed E-state index contributed by atoms with van der Waals surface area (Å²) >= 11 is 7.79. The first-order valence-electron chi connectivity index (χ1n) is 8.27. The molecule has 0 saturated heterocycles. The molecule has 134 valence electrons. The fourth-order valence-electron chi connectivity index (χ4n) is 2.50. The van der Waals surface area contributed by atoms with Crippen LogP contribution in [0.3, 0.4) is 0 Å². The van der Waals surface area contributed by atoms with Crippen LogP contribution in [0.25, 0.3) is 10.6 Å². The molecule has 0 saturated carbocycles. The summed E-state index contributed by atoms with van der Waals surface area (Å²) in [6.07, 6.45) is 0. The van der Waals surface area contributed by atoms with E-state index in [0.717, 1.165) is 32.4 Å². The molecule has 0 radical (unpaired) electrons. The fourth-order valence-corrected chi connectivity index (χ4v) is 3.82. The van der Waals surface area contributed by atoms with E-state index in [4.69, 9.17) is 11.6 Å². The van der Waals surface area contributed by atoms with Gasteiger partial charge in [-0.25, -0.2) is 9.78 Å². The van der Waals surface area contributed by atoms with Gasteiger partial charge in [-0.3, -0.25) is 0 Å². The second-order valence-electron chi connectivity index (χ2n) is 6.11. The third-order valence-corrected chi connectivity index (χ3v) is 5.69. The smallest absolute Gasteiger partial charge is 0.319 e. The minimum absolute atomic E-state index is 0.236. The number of benzene rings is 2. The van der Waals surface area contributed by atoms with Gasteiger partial charge in [0.05, 0.1) is 17.3 Å². The molecule has 1 heterocycles. The Morgan fingerprint density at radius 1 is 1.12 bits per heavy atom. The van der Waals surface area contributed by atoms with Crippen LogP contribution in [0.5, 0.6) is 0 Å². The minimum atomic E-state index is -0.236. The summed E-state index contributed by atoms with van der Waals surface area (Å²) in [5, 5.41) is 7.28. The van der Waals surface area contributed by atoms with Gasteiger partial charge in [-0.15, -0.1) is 11.3 Å². The number of nitrogens with zero attached hydrogens (tertiary/aromatic N) is 1. The highest BCUT2D eigenvalue weighted by molar-refractivity contribution is 7.15. The molecule has 0 bridgehead atoms. The quantitative estimate of drug-likeness (QED) is 0.604. The number of rotatable bonds is 4. The molecule has 1 aromatic heterocycles. The van der Waals surface area contributed by atoms with Crippen LogP contribution in [0.2, 0.25) is 5.02 Å². The van der Waals surface area contributed by atoms with Crippen molar-refractivity contribution in [2.75, 3.05) is 5.32 Å².